The molecule has 2 rings (SSSR count). The molecule has 4 nitrogen and oxygen atoms in total. The molecule has 0 saturated heterocycles. The third-order valence-corrected chi connectivity index (χ3v) is 3.97. The summed E-state index contributed by atoms with van der Waals surface area (Å²) < 4.78 is 5.55. The van der Waals surface area contributed by atoms with Crippen molar-refractivity contribution in [1.29, 1.82) is 0 Å². The second kappa shape index (κ2) is 6.05. The summed E-state index contributed by atoms with van der Waals surface area (Å²) in [5, 5.41) is 3.37. The fourth-order valence-corrected chi connectivity index (χ4v) is 2.52. The van der Waals surface area contributed by atoms with Crippen molar-refractivity contribution in [2.75, 3.05) is 11.9 Å². The number of nitrogens with one attached hydrogen (secondary N) is 1. The Morgan fingerprint density at radius 2 is 2.05 bits per heavy atom. The Kier molecular flexibility index (Phi) is 4.39. The van der Waals surface area contributed by atoms with Gasteiger partial charge in [-0.25, -0.2) is 4.98 Å². The molecule has 106 valence electrons. The first-order chi connectivity index (χ1) is 9.45. The van der Waals surface area contributed by atoms with Crippen molar-refractivity contribution >= 4 is 22.4 Å². The topological polar surface area (TPSA) is 51.2 Å². The lowest BCUT2D eigenvalue weighted by Gasteiger charge is -2.09. The van der Waals surface area contributed by atoms with Crippen molar-refractivity contribution in [3.8, 4) is 5.75 Å². The van der Waals surface area contributed by atoms with Gasteiger partial charge in [0, 0.05) is 4.88 Å². The van der Waals surface area contributed by atoms with Crippen molar-refractivity contribution in [3.63, 3.8) is 0 Å². The van der Waals surface area contributed by atoms with Crippen LogP contribution in [-0.4, -0.2) is 17.5 Å². The summed E-state index contributed by atoms with van der Waals surface area (Å²) in [6.45, 7) is 7.85. The largest absolute Gasteiger partial charge is 0.483 e. The van der Waals surface area contributed by atoms with Gasteiger partial charge in [0.05, 0.1) is 5.69 Å². The van der Waals surface area contributed by atoms with Gasteiger partial charge in [-0.1, -0.05) is 12.1 Å². The molecule has 0 aliphatic heterocycles. The minimum atomic E-state index is -0.195. The van der Waals surface area contributed by atoms with Crippen molar-refractivity contribution in [1.82, 2.24) is 4.98 Å². The number of aryl methyl sites for hydroxylation is 4. The summed E-state index contributed by atoms with van der Waals surface area (Å²) in [5.41, 5.74) is 3.07. The van der Waals surface area contributed by atoms with Gasteiger partial charge in [-0.3, -0.25) is 10.1 Å². The Hall–Kier alpha value is -1.88. The highest BCUT2D eigenvalue weighted by Crippen LogP contribution is 2.21. The number of benzene rings is 1. The average molecular weight is 290 g/mol. The van der Waals surface area contributed by atoms with E-state index in [-0.39, 0.29) is 12.5 Å². The minimum Gasteiger partial charge on any atom is -0.483 e. The highest BCUT2D eigenvalue weighted by molar-refractivity contribution is 7.15. The zero-order valence-corrected chi connectivity index (χ0v) is 12.9. The summed E-state index contributed by atoms with van der Waals surface area (Å²) in [5.74, 6) is 0.548. The van der Waals surface area contributed by atoms with Crippen LogP contribution < -0.4 is 10.1 Å². The van der Waals surface area contributed by atoms with E-state index in [1.807, 2.05) is 45.9 Å². The van der Waals surface area contributed by atoms with Gasteiger partial charge in [0.2, 0.25) is 0 Å². The number of rotatable bonds is 4. The van der Waals surface area contributed by atoms with Gasteiger partial charge in [-0.2, -0.15) is 0 Å². The molecule has 1 aromatic heterocycles. The maximum atomic E-state index is 11.8. The molecule has 5 heteroatoms. The van der Waals surface area contributed by atoms with Crippen LogP contribution in [-0.2, 0) is 4.79 Å². The Labute approximate surface area is 122 Å². The molecular formula is C15H18N2O2S. The first kappa shape index (κ1) is 14.5. The molecule has 1 aromatic carbocycles. The number of amides is 1. The maximum absolute atomic E-state index is 11.8. The molecule has 0 atom stereocenters. The van der Waals surface area contributed by atoms with Crippen molar-refractivity contribution in [2.45, 2.75) is 27.7 Å². The standard InChI is InChI=1S/C15H18N2O2S/c1-9-5-6-10(2)13(7-9)19-8-14(18)17-15-16-11(3)12(4)20-15/h5-7H,8H2,1-4H3,(H,16,17,18). The number of thiazole rings is 1. The fraction of sp³-hybridized carbons (Fsp3) is 0.333. The molecule has 0 bridgehead atoms. The van der Waals surface area contributed by atoms with Gasteiger partial charge in [-0.15, -0.1) is 11.3 Å². The van der Waals surface area contributed by atoms with E-state index in [4.69, 9.17) is 4.74 Å². The SMILES string of the molecule is Cc1ccc(C)c(OCC(=O)Nc2nc(C)c(C)s2)c1. The Morgan fingerprint density at radius 3 is 2.70 bits per heavy atom. The molecule has 2 aromatic rings. The second-order valence-electron chi connectivity index (χ2n) is 4.77. The van der Waals surface area contributed by atoms with Crippen LogP contribution in [0.1, 0.15) is 21.7 Å². The smallest absolute Gasteiger partial charge is 0.264 e. The summed E-state index contributed by atoms with van der Waals surface area (Å²) in [4.78, 5) is 17.2. The third-order valence-electron chi connectivity index (χ3n) is 2.98. The van der Waals surface area contributed by atoms with E-state index in [1.165, 1.54) is 11.3 Å². The third kappa shape index (κ3) is 3.57. The van der Waals surface area contributed by atoms with Crippen molar-refractivity contribution in [2.24, 2.45) is 0 Å². The highest BCUT2D eigenvalue weighted by Gasteiger charge is 2.09. The van der Waals surface area contributed by atoms with E-state index in [0.717, 1.165) is 27.4 Å². The van der Waals surface area contributed by atoms with Gasteiger partial charge in [0.15, 0.2) is 11.7 Å². The zero-order valence-electron chi connectivity index (χ0n) is 12.1. The number of hydrogen-bond acceptors (Lipinski definition) is 4. The van der Waals surface area contributed by atoms with Gasteiger partial charge < -0.3 is 4.74 Å². The number of hydrogen-bond donors (Lipinski definition) is 1. The zero-order chi connectivity index (χ0) is 14.7. The molecule has 0 aliphatic carbocycles. The van der Waals surface area contributed by atoms with Crippen LogP contribution >= 0.6 is 11.3 Å². The Bertz CT molecular complexity index is 615. The lowest BCUT2D eigenvalue weighted by molar-refractivity contribution is -0.118. The predicted octanol–water partition coefficient (Wildman–Crippen LogP) is 3.39. The number of nitrogens with zero attached hydrogens (tertiary/aromatic N) is 1. The number of ether oxygens (including phenoxy) is 1. The molecule has 0 fully saturated rings. The molecule has 0 spiro atoms. The monoisotopic (exact) mass is 290 g/mol. The molecule has 0 aliphatic rings. The quantitative estimate of drug-likeness (QED) is 0.939. The van der Waals surface area contributed by atoms with E-state index in [9.17, 15) is 4.79 Å². The first-order valence-corrected chi connectivity index (χ1v) is 7.21. The van der Waals surface area contributed by atoms with Crippen molar-refractivity contribution in [3.05, 3.63) is 39.9 Å². The van der Waals surface area contributed by atoms with Crippen LogP contribution in [0.5, 0.6) is 5.75 Å². The molecule has 20 heavy (non-hydrogen) atoms. The maximum Gasteiger partial charge on any atom is 0.264 e. The van der Waals surface area contributed by atoms with Crippen LogP contribution in [0.4, 0.5) is 5.13 Å². The predicted molar refractivity (Wildman–Crippen MR) is 81.6 cm³/mol. The number of carbonyl (C=O) groups excluding carboxylic acids is 1. The van der Waals surface area contributed by atoms with E-state index < -0.39 is 0 Å². The van der Waals surface area contributed by atoms with Gasteiger partial charge in [-0.05, 0) is 44.9 Å². The molecule has 1 N–H and O–H groups in total. The Morgan fingerprint density at radius 1 is 1.30 bits per heavy atom. The first-order valence-electron chi connectivity index (χ1n) is 6.39. The van der Waals surface area contributed by atoms with Gasteiger partial charge in [0.1, 0.15) is 5.75 Å². The lowest BCUT2D eigenvalue weighted by Crippen LogP contribution is -2.20. The molecule has 0 radical (unpaired) electrons. The van der Waals surface area contributed by atoms with Crippen LogP contribution in [0.2, 0.25) is 0 Å². The second-order valence-corrected chi connectivity index (χ2v) is 5.97. The molecular weight excluding hydrogens is 272 g/mol. The molecule has 0 saturated carbocycles. The van der Waals surface area contributed by atoms with Gasteiger partial charge >= 0.3 is 0 Å². The van der Waals surface area contributed by atoms with E-state index >= 15 is 0 Å². The molecule has 1 amide bonds. The minimum absolute atomic E-state index is 0.0119. The van der Waals surface area contributed by atoms with Crippen LogP contribution in [0.25, 0.3) is 0 Å². The highest BCUT2D eigenvalue weighted by atomic mass is 32.1. The van der Waals surface area contributed by atoms with Gasteiger partial charge in [0.25, 0.3) is 5.91 Å². The fourth-order valence-electron chi connectivity index (χ4n) is 1.69. The number of carbonyl (C=O) groups is 1. The summed E-state index contributed by atoms with van der Waals surface area (Å²) in [6, 6.07) is 5.93. The van der Waals surface area contributed by atoms with Crippen molar-refractivity contribution < 1.29 is 9.53 Å². The molecule has 1 heterocycles. The van der Waals surface area contributed by atoms with E-state index in [0.29, 0.717) is 5.13 Å². The lowest BCUT2D eigenvalue weighted by atomic mass is 10.1. The summed E-state index contributed by atoms with van der Waals surface area (Å²) >= 11 is 1.47. The average Bonchev–Trinajstić information content (AvgIpc) is 2.69. The Balaban J connectivity index is 1.93. The number of aromatic nitrogens is 1. The van der Waals surface area contributed by atoms with E-state index in [1.54, 1.807) is 0 Å². The van der Waals surface area contributed by atoms with Crippen LogP contribution in [0.15, 0.2) is 18.2 Å². The van der Waals surface area contributed by atoms with Crippen LogP contribution in [0.3, 0.4) is 0 Å². The summed E-state index contributed by atoms with van der Waals surface area (Å²) in [6.07, 6.45) is 0. The van der Waals surface area contributed by atoms with E-state index in [2.05, 4.69) is 10.3 Å². The van der Waals surface area contributed by atoms with Crippen LogP contribution in [0, 0.1) is 27.7 Å². The number of anilines is 1. The normalized spacial score (nSPS) is 10.4. The summed E-state index contributed by atoms with van der Waals surface area (Å²) in [7, 11) is 0. The molecule has 0 unspecified atom stereocenters.